The summed E-state index contributed by atoms with van der Waals surface area (Å²) in [6.45, 7) is 4.19. The summed E-state index contributed by atoms with van der Waals surface area (Å²) in [7, 11) is 0. The molecule has 0 unspecified atom stereocenters. The number of carbonyl (C=O) groups is 2. The molecule has 2 bridgehead atoms. The fourth-order valence-electron chi connectivity index (χ4n) is 4.32. The number of rotatable bonds is 2. The Hall–Kier alpha value is -1.90. The maximum atomic E-state index is 12.8. The molecule has 108 valence electrons. The quantitative estimate of drug-likeness (QED) is 0.617. The summed E-state index contributed by atoms with van der Waals surface area (Å²) in [6, 6.07) is 7.79. The molecule has 0 aromatic heterocycles. The molecule has 2 amide bonds. The molecule has 3 heteroatoms. The third-order valence-corrected chi connectivity index (χ3v) is 5.27. The topological polar surface area (TPSA) is 37.4 Å². The van der Waals surface area contributed by atoms with E-state index in [1.54, 1.807) is 0 Å². The van der Waals surface area contributed by atoms with Gasteiger partial charge in [0, 0.05) is 0 Å². The van der Waals surface area contributed by atoms with E-state index in [1.165, 1.54) is 4.90 Å². The van der Waals surface area contributed by atoms with Crippen molar-refractivity contribution in [2.24, 2.45) is 23.7 Å². The largest absolute Gasteiger partial charge is 0.274 e. The van der Waals surface area contributed by atoms with Gasteiger partial charge in [-0.25, -0.2) is 4.90 Å². The van der Waals surface area contributed by atoms with Gasteiger partial charge in [0.05, 0.1) is 17.5 Å². The van der Waals surface area contributed by atoms with E-state index in [0.717, 1.165) is 17.7 Å². The van der Waals surface area contributed by atoms with Gasteiger partial charge >= 0.3 is 0 Å². The van der Waals surface area contributed by atoms with E-state index in [0.29, 0.717) is 0 Å². The summed E-state index contributed by atoms with van der Waals surface area (Å²) in [4.78, 5) is 27.1. The van der Waals surface area contributed by atoms with Crippen LogP contribution in [0, 0.1) is 23.7 Å². The maximum Gasteiger partial charge on any atom is 0.238 e. The molecule has 2 aliphatic carbocycles. The van der Waals surface area contributed by atoms with Crippen molar-refractivity contribution < 1.29 is 9.59 Å². The number of allylic oxidation sites excluding steroid dienone is 2. The van der Waals surface area contributed by atoms with Gasteiger partial charge in [-0.05, 0) is 35.8 Å². The minimum atomic E-state index is -0.118. The number of amides is 2. The van der Waals surface area contributed by atoms with E-state index in [9.17, 15) is 9.59 Å². The van der Waals surface area contributed by atoms with Crippen molar-refractivity contribution in [3.63, 3.8) is 0 Å². The number of hydrogen-bond acceptors (Lipinski definition) is 2. The number of imide groups is 1. The van der Waals surface area contributed by atoms with Crippen LogP contribution in [0.2, 0.25) is 0 Å². The molecule has 4 rings (SSSR count). The van der Waals surface area contributed by atoms with E-state index in [-0.39, 0.29) is 41.4 Å². The van der Waals surface area contributed by atoms with Crippen molar-refractivity contribution in [1.29, 1.82) is 0 Å². The summed E-state index contributed by atoms with van der Waals surface area (Å²) in [5, 5.41) is 0. The lowest BCUT2D eigenvalue weighted by Crippen LogP contribution is -2.33. The Balaban J connectivity index is 1.78. The van der Waals surface area contributed by atoms with Gasteiger partial charge < -0.3 is 0 Å². The van der Waals surface area contributed by atoms with Crippen LogP contribution in [0.25, 0.3) is 0 Å². The fraction of sp³-hybridized carbons (Fsp3) is 0.444. The van der Waals surface area contributed by atoms with Gasteiger partial charge in [0.1, 0.15) is 0 Å². The molecule has 2 fully saturated rings. The molecule has 3 aliphatic rings. The zero-order valence-electron chi connectivity index (χ0n) is 12.3. The Kier molecular flexibility index (Phi) is 2.62. The normalized spacial score (nSPS) is 33.4. The summed E-state index contributed by atoms with van der Waals surface area (Å²) in [6.07, 6.45) is 5.25. The first kappa shape index (κ1) is 12.8. The highest BCUT2D eigenvalue weighted by Crippen LogP contribution is 2.53. The number of fused-ring (bicyclic) bond motifs is 5. The van der Waals surface area contributed by atoms with Gasteiger partial charge in [-0.2, -0.15) is 0 Å². The Morgan fingerprint density at radius 1 is 1.00 bits per heavy atom. The second-order valence-corrected chi connectivity index (χ2v) is 6.73. The van der Waals surface area contributed by atoms with Gasteiger partial charge in [-0.15, -0.1) is 0 Å². The standard InChI is InChI=1S/C18H19NO2/c1-10(2)13-5-3-4-6-14(13)19-17(20)15-11-7-8-12(9-11)16(15)18(19)21/h3-8,10-12,15-16H,9H2,1-2H3/t11-,12+,15-,16+. The molecular formula is C18H19NO2. The lowest BCUT2D eigenvalue weighted by atomic mass is 9.85. The number of para-hydroxylation sites is 1. The Morgan fingerprint density at radius 2 is 1.57 bits per heavy atom. The second kappa shape index (κ2) is 4.30. The highest BCUT2D eigenvalue weighted by atomic mass is 16.2. The van der Waals surface area contributed by atoms with E-state index in [4.69, 9.17) is 0 Å². The maximum absolute atomic E-state index is 12.8. The monoisotopic (exact) mass is 281 g/mol. The van der Waals surface area contributed by atoms with Crippen molar-refractivity contribution >= 4 is 17.5 Å². The van der Waals surface area contributed by atoms with Gasteiger partial charge in [0.15, 0.2) is 0 Å². The van der Waals surface area contributed by atoms with Crippen LogP contribution in [-0.4, -0.2) is 11.8 Å². The summed E-state index contributed by atoms with van der Waals surface area (Å²) in [5.41, 5.74) is 1.86. The molecule has 4 atom stereocenters. The van der Waals surface area contributed by atoms with E-state index < -0.39 is 0 Å². The molecule has 0 N–H and O–H groups in total. The van der Waals surface area contributed by atoms with Crippen molar-refractivity contribution in [3.8, 4) is 0 Å². The average molecular weight is 281 g/mol. The number of carbonyl (C=O) groups excluding carboxylic acids is 2. The van der Waals surface area contributed by atoms with Crippen molar-refractivity contribution in [2.45, 2.75) is 26.2 Å². The predicted molar refractivity (Wildman–Crippen MR) is 80.7 cm³/mol. The van der Waals surface area contributed by atoms with Gasteiger partial charge in [0.25, 0.3) is 0 Å². The summed E-state index contributed by atoms with van der Waals surface area (Å²) in [5.74, 6) is 0.614. The van der Waals surface area contributed by atoms with Crippen LogP contribution in [0.15, 0.2) is 36.4 Å². The summed E-state index contributed by atoms with van der Waals surface area (Å²) < 4.78 is 0. The van der Waals surface area contributed by atoms with Gasteiger partial charge in [-0.3, -0.25) is 9.59 Å². The first-order valence-electron chi connectivity index (χ1n) is 7.74. The average Bonchev–Trinajstić information content (AvgIpc) is 3.13. The third kappa shape index (κ3) is 1.60. The Bertz CT molecular complexity index is 631. The molecule has 1 aromatic carbocycles. The van der Waals surface area contributed by atoms with Crippen LogP contribution in [-0.2, 0) is 9.59 Å². The van der Waals surface area contributed by atoms with Crippen molar-refractivity contribution in [2.75, 3.05) is 4.90 Å². The zero-order chi connectivity index (χ0) is 14.7. The number of anilines is 1. The molecule has 3 nitrogen and oxygen atoms in total. The fourth-order valence-corrected chi connectivity index (χ4v) is 4.32. The van der Waals surface area contributed by atoms with Crippen LogP contribution >= 0.6 is 0 Å². The number of hydrogen-bond donors (Lipinski definition) is 0. The van der Waals surface area contributed by atoms with Gasteiger partial charge in [-0.1, -0.05) is 44.2 Å². The smallest absolute Gasteiger partial charge is 0.238 e. The minimum Gasteiger partial charge on any atom is -0.274 e. The molecule has 1 saturated heterocycles. The third-order valence-electron chi connectivity index (χ3n) is 5.27. The van der Waals surface area contributed by atoms with Crippen LogP contribution < -0.4 is 4.90 Å². The lowest BCUT2D eigenvalue weighted by molar-refractivity contribution is -0.123. The lowest BCUT2D eigenvalue weighted by Gasteiger charge is -2.22. The first-order valence-corrected chi connectivity index (χ1v) is 7.74. The van der Waals surface area contributed by atoms with Gasteiger partial charge in [0.2, 0.25) is 11.8 Å². The number of nitrogens with zero attached hydrogens (tertiary/aromatic N) is 1. The Morgan fingerprint density at radius 3 is 2.14 bits per heavy atom. The second-order valence-electron chi connectivity index (χ2n) is 6.73. The van der Waals surface area contributed by atoms with Crippen LogP contribution in [0.3, 0.4) is 0 Å². The molecular weight excluding hydrogens is 262 g/mol. The SMILES string of the molecule is CC(C)c1ccccc1N1C(=O)[C@@H]2[C@H](C1=O)[C@@H]1C=C[C@H]2C1. The van der Waals surface area contributed by atoms with E-state index in [2.05, 4.69) is 26.0 Å². The summed E-state index contributed by atoms with van der Waals surface area (Å²) >= 11 is 0. The molecule has 1 saturated carbocycles. The first-order chi connectivity index (χ1) is 10.1. The van der Waals surface area contributed by atoms with Crippen LogP contribution in [0.1, 0.15) is 31.7 Å². The van der Waals surface area contributed by atoms with Crippen molar-refractivity contribution in [1.82, 2.24) is 0 Å². The Labute approximate surface area is 124 Å². The molecule has 21 heavy (non-hydrogen) atoms. The highest BCUT2D eigenvalue weighted by Gasteiger charge is 2.59. The molecule has 0 spiro atoms. The molecule has 1 aromatic rings. The number of benzene rings is 1. The molecule has 1 heterocycles. The van der Waals surface area contributed by atoms with Crippen molar-refractivity contribution in [3.05, 3.63) is 42.0 Å². The van der Waals surface area contributed by atoms with Crippen LogP contribution in [0.5, 0.6) is 0 Å². The van der Waals surface area contributed by atoms with E-state index >= 15 is 0 Å². The zero-order valence-corrected chi connectivity index (χ0v) is 12.3. The van der Waals surface area contributed by atoms with Crippen LogP contribution in [0.4, 0.5) is 5.69 Å². The molecule has 1 aliphatic heterocycles. The molecule has 0 radical (unpaired) electrons. The predicted octanol–water partition coefficient (Wildman–Crippen LogP) is 3.12. The van der Waals surface area contributed by atoms with E-state index in [1.807, 2.05) is 24.3 Å². The minimum absolute atomic E-state index is 0.00921. The highest BCUT2D eigenvalue weighted by molar-refractivity contribution is 6.23.